The topological polar surface area (TPSA) is 84.1 Å². The summed E-state index contributed by atoms with van der Waals surface area (Å²) in [6, 6.07) is 11.1. The minimum Gasteiger partial charge on any atom is -0.331 e. The Hall–Kier alpha value is -2.74. The monoisotopic (exact) mass is 487 g/mol. The number of fused-ring (bicyclic) bond motifs is 1. The number of urea groups is 1. The maximum atomic E-state index is 13.2. The first kappa shape index (κ1) is 23.4. The average molecular weight is 488 g/mol. The summed E-state index contributed by atoms with van der Waals surface area (Å²) in [5.74, 6) is 0.361. The van der Waals surface area contributed by atoms with Gasteiger partial charge in [0.1, 0.15) is 11.6 Å². The number of nitrogens with two attached hydrogens (primary N) is 1. The largest absolute Gasteiger partial charge is 0.331 e. The molecule has 0 fully saturated rings. The molecule has 3 N–H and O–H groups in total. The van der Waals surface area contributed by atoms with Crippen LogP contribution in [-0.2, 0) is 19.4 Å². The lowest BCUT2D eigenvalue weighted by Crippen LogP contribution is -2.44. The quantitative estimate of drug-likeness (QED) is 0.528. The van der Waals surface area contributed by atoms with E-state index in [1.54, 1.807) is 29.2 Å². The minimum absolute atomic E-state index is 0.191. The van der Waals surface area contributed by atoms with Crippen molar-refractivity contribution in [2.75, 3.05) is 13.1 Å². The molecule has 9 heteroatoms. The molecule has 0 radical (unpaired) electrons. The van der Waals surface area contributed by atoms with E-state index in [2.05, 4.69) is 15.3 Å². The molecule has 33 heavy (non-hydrogen) atoms. The molecular weight excluding hydrogens is 464 g/mol. The summed E-state index contributed by atoms with van der Waals surface area (Å²) < 4.78 is 13.2. The van der Waals surface area contributed by atoms with Crippen molar-refractivity contribution in [3.8, 4) is 0 Å². The molecule has 1 aliphatic rings. The molecule has 0 spiro atoms. The molecule has 2 heterocycles. The average Bonchev–Trinajstić information content (AvgIpc) is 2.81. The van der Waals surface area contributed by atoms with Gasteiger partial charge in [-0.05, 0) is 60.3 Å². The van der Waals surface area contributed by atoms with Crippen molar-refractivity contribution in [3.63, 3.8) is 0 Å². The maximum absolute atomic E-state index is 13.2. The van der Waals surface area contributed by atoms with Gasteiger partial charge >= 0.3 is 6.03 Å². The smallest absolute Gasteiger partial charge is 0.318 e. The highest BCUT2D eigenvalue weighted by Crippen LogP contribution is 2.27. The van der Waals surface area contributed by atoms with E-state index in [0.29, 0.717) is 54.8 Å². The van der Waals surface area contributed by atoms with Gasteiger partial charge in [-0.15, -0.1) is 0 Å². The lowest BCUT2D eigenvalue weighted by atomic mass is 10.0. The van der Waals surface area contributed by atoms with Gasteiger partial charge in [0.15, 0.2) is 0 Å². The fourth-order valence-electron chi connectivity index (χ4n) is 3.85. The number of hydrogen-bond acceptors (Lipinski definition) is 4. The lowest BCUT2D eigenvalue weighted by molar-refractivity contribution is 0.186. The van der Waals surface area contributed by atoms with Crippen LogP contribution in [0.1, 0.15) is 40.7 Å². The van der Waals surface area contributed by atoms with Gasteiger partial charge in [0.25, 0.3) is 0 Å². The second-order valence-electron chi connectivity index (χ2n) is 7.99. The van der Waals surface area contributed by atoms with Crippen LogP contribution < -0.4 is 11.1 Å². The van der Waals surface area contributed by atoms with E-state index in [4.69, 9.17) is 28.9 Å². The summed E-state index contributed by atoms with van der Waals surface area (Å²) >= 11 is 12.2. The Labute approximate surface area is 201 Å². The third kappa shape index (κ3) is 5.79. The molecule has 172 valence electrons. The van der Waals surface area contributed by atoms with E-state index in [0.717, 1.165) is 22.4 Å². The van der Waals surface area contributed by atoms with E-state index in [-0.39, 0.29) is 17.9 Å². The summed E-state index contributed by atoms with van der Waals surface area (Å²) in [5.41, 5.74) is 9.41. The van der Waals surface area contributed by atoms with Crippen LogP contribution in [0.5, 0.6) is 0 Å². The second kappa shape index (κ2) is 10.5. The third-order valence-electron chi connectivity index (χ3n) is 5.66. The maximum Gasteiger partial charge on any atom is 0.318 e. The van der Waals surface area contributed by atoms with E-state index in [1.807, 2.05) is 12.3 Å². The van der Waals surface area contributed by atoms with Gasteiger partial charge in [0.05, 0.1) is 28.3 Å². The summed E-state index contributed by atoms with van der Waals surface area (Å²) in [4.78, 5) is 23.9. The van der Waals surface area contributed by atoms with E-state index < -0.39 is 0 Å². The molecule has 0 saturated carbocycles. The first-order valence-electron chi connectivity index (χ1n) is 10.7. The van der Waals surface area contributed by atoms with Crippen LogP contribution in [-0.4, -0.2) is 34.0 Å². The zero-order chi connectivity index (χ0) is 23.4. The van der Waals surface area contributed by atoms with Crippen molar-refractivity contribution in [3.05, 3.63) is 92.7 Å². The van der Waals surface area contributed by atoms with Crippen LogP contribution in [0.25, 0.3) is 0 Å². The molecule has 0 bridgehead atoms. The zero-order valence-corrected chi connectivity index (χ0v) is 19.4. The predicted molar refractivity (Wildman–Crippen MR) is 127 cm³/mol. The standard InChI is InChI=1S/C24H24Cl2FN5O/c25-19-6-3-16(12-20(19)26)21(7-9-28)31-24(33)32-10-8-17-13-29-23(30-22(17)14-32)11-15-1-4-18(27)5-2-15/h1-6,12-13,21H,7-11,14,28H2,(H,31,33). The summed E-state index contributed by atoms with van der Waals surface area (Å²) in [5, 5.41) is 3.96. The first-order chi connectivity index (χ1) is 15.9. The Morgan fingerprint density at radius 1 is 1.18 bits per heavy atom. The van der Waals surface area contributed by atoms with Crippen molar-refractivity contribution < 1.29 is 9.18 Å². The molecule has 3 aromatic rings. The summed E-state index contributed by atoms with van der Waals surface area (Å²) in [6.07, 6.45) is 3.56. The Morgan fingerprint density at radius 3 is 2.70 bits per heavy atom. The second-order valence-corrected chi connectivity index (χ2v) is 8.80. The highest BCUT2D eigenvalue weighted by molar-refractivity contribution is 6.42. The molecule has 1 aromatic heterocycles. The molecule has 6 nitrogen and oxygen atoms in total. The number of rotatable bonds is 6. The lowest BCUT2D eigenvalue weighted by Gasteiger charge is -2.30. The molecular formula is C24H24Cl2FN5O. The van der Waals surface area contributed by atoms with Crippen LogP contribution >= 0.6 is 23.2 Å². The van der Waals surface area contributed by atoms with E-state index in [1.165, 1.54) is 12.1 Å². The molecule has 4 rings (SSSR count). The van der Waals surface area contributed by atoms with Gasteiger partial charge in [-0.3, -0.25) is 0 Å². The number of carbonyl (C=O) groups excluding carboxylic acids is 1. The molecule has 2 aromatic carbocycles. The fourth-order valence-corrected chi connectivity index (χ4v) is 4.15. The Bertz CT molecular complexity index is 1140. The number of aromatic nitrogens is 2. The molecule has 1 aliphatic heterocycles. The van der Waals surface area contributed by atoms with Gasteiger partial charge in [-0.25, -0.2) is 19.2 Å². The van der Waals surface area contributed by atoms with E-state index in [9.17, 15) is 9.18 Å². The Kier molecular flexibility index (Phi) is 7.42. The van der Waals surface area contributed by atoms with Gasteiger partial charge in [-0.1, -0.05) is 41.4 Å². The normalized spacial score (nSPS) is 14.0. The Balaban J connectivity index is 1.45. The molecule has 1 atom stereocenters. The van der Waals surface area contributed by atoms with Crippen molar-refractivity contribution in [1.29, 1.82) is 0 Å². The fraction of sp³-hybridized carbons (Fsp3) is 0.292. The van der Waals surface area contributed by atoms with Crippen LogP contribution in [0.2, 0.25) is 10.0 Å². The van der Waals surface area contributed by atoms with Crippen molar-refractivity contribution in [2.24, 2.45) is 5.73 Å². The first-order valence-corrected chi connectivity index (χ1v) is 11.5. The Morgan fingerprint density at radius 2 is 1.97 bits per heavy atom. The third-order valence-corrected chi connectivity index (χ3v) is 6.40. The number of nitrogens with one attached hydrogen (secondary N) is 1. The predicted octanol–water partition coefficient (Wildman–Crippen LogP) is 4.67. The number of halogens is 3. The summed E-state index contributed by atoms with van der Waals surface area (Å²) in [7, 11) is 0. The van der Waals surface area contributed by atoms with E-state index >= 15 is 0 Å². The van der Waals surface area contributed by atoms with Crippen LogP contribution in [0.15, 0.2) is 48.7 Å². The van der Waals surface area contributed by atoms with Gasteiger partial charge in [-0.2, -0.15) is 0 Å². The number of nitrogens with zero attached hydrogens (tertiary/aromatic N) is 3. The van der Waals surface area contributed by atoms with Crippen molar-refractivity contribution in [2.45, 2.75) is 31.8 Å². The number of benzene rings is 2. The van der Waals surface area contributed by atoms with Crippen LogP contribution in [0.4, 0.5) is 9.18 Å². The highest BCUT2D eigenvalue weighted by atomic mass is 35.5. The number of carbonyl (C=O) groups is 1. The molecule has 0 aliphatic carbocycles. The van der Waals surface area contributed by atoms with Gasteiger partial charge in [0.2, 0.25) is 0 Å². The van der Waals surface area contributed by atoms with Gasteiger partial charge < -0.3 is 16.0 Å². The van der Waals surface area contributed by atoms with Gasteiger partial charge in [0, 0.05) is 19.2 Å². The number of hydrogen-bond donors (Lipinski definition) is 2. The minimum atomic E-state index is -0.280. The zero-order valence-electron chi connectivity index (χ0n) is 17.9. The molecule has 0 saturated heterocycles. The van der Waals surface area contributed by atoms with Crippen LogP contribution in [0, 0.1) is 5.82 Å². The SMILES string of the molecule is NCCC(NC(=O)N1CCc2cnc(Cc3ccc(F)cc3)nc2C1)c1ccc(Cl)c(Cl)c1. The van der Waals surface area contributed by atoms with Crippen molar-refractivity contribution in [1.82, 2.24) is 20.2 Å². The van der Waals surface area contributed by atoms with Crippen LogP contribution in [0.3, 0.4) is 0 Å². The van der Waals surface area contributed by atoms with Crippen molar-refractivity contribution >= 4 is 29.2 Å². The summed E-state index contributed by atoms with van der Waals surface area (Å²) in [6.45, 7) is 1.36. The highest BCUT2D eigenvalue weighted by Gasteiger charge is 2.25. The number of amides is 2. The molecule has 1 unspecified atom stereocenters. The molecule has 2 amide bonds.